The van der Waals surface area contributed by atoms with Gasteiger partial charge in [-0.3, -0.25) is 9.69 Å². The summed E-state index contributed by atoms with van der Waals surface area (Å²) in [6, 6.07) is 6.37. The van der Waals surface area contributed by atoms with E-state index in [1.54, 1.807) is 0 Å². The van der Waals surface area contributed by atoms with E-state index in [2.05, 4.69) is 4.90 Å². The minimum atomic E-state index is -0.259. The number of likely N-dealkylation sites (tertiary alicyclic amines) is 2. The third kappa shape index (κ3) is 3.90. The Morgan fingerprint density at radius 3 is 2.72 bits per heavy atom. The van der Waals surface area contributed by atoms with Crippen LogP contribution in [0.1, 0.15) is 48.0 Å². The number of hydrogen-bond donors (Lipinski definition) is 1. The van der Waals surface area contributed by atoms with Gasteiger partial charge in [-0.15, -0.1) is 0 Å². The number of aliphatic hydroxyl groups excluding tert-OH is 1. The number of β-amino-alcohol motifs (C(OH)–C–C–N with tert-alkyl or cyclic N) is 1. The van der Waals surface area contributed by atoms with Crippen LogP contribution >= 0.6 is 0 Å². The lowest BCUT2D eigenvalue weighted by Gasteiger charge is -2.51. The van der Waals surface area contributed by atoms with Gasteiger partial charge in [0, 0.05) is 57.4 Å². The van der Waals surface area contributed by atoms with E-state index in [-0.39, 0.29) is 17.4 Å². The summed E-state index contributed by atoms with van der Waals surface area (Å²) in [5.74, 6) is 1.05. The minimum Gasteiger partial charge on any atom is -0.493 e. The van der Waals surface area contributed by atoms with Crippen LogP contribution in [-0.2, 0) is 11.2 Å². The first-order valence-corrected chi connectivity index (χ1v) is 11.2. The maximum Gasteiger partial charge on any atom is 0.253 e. The lowest BCUT2D eigenvalue weighted by Crippen LogP contribution is -2.57. The molecule has 6 nitrogen and oxygen atoms in total. The molecular formula is C23H32N2O4. The Balaban J connectivity index is 1.23. The van der Waals surface area contributed by atoms with Crippen molar-refractivity contribution in [2.45, 2.75) is 50.7 Å². The fraction of sp³-hybridized carbons (Fsp3) is 0.696. The average molecular weight is 401 g/mol. The maximum atomic E-state index is 13.1. The van der Waals surface area contributed by atoms with Crippen LogP contribution in [-0.4, -0.2) is 79.0 Å². The first kappa shape index (κ1) is 19.3. The van der Waals surface area contributed by atoms with E-state index < -0.39 is 0 Å². The highest BCUT2D eigenvalue weighted by molar-refractivity contribution is 5.94. The molecule has 4 aliphatic heterocycles. The van der Waals surface area contributed by atoms with Gasteiger partial charge in [-0.05, 0) is 61.3 Å². The quantitative estimate of drug-likeness (QED) is 0.824. The molecule has 1 amide bonds. The molecule has 1 unspecified atom stereocenters. The fourth-order valence-electron chi connectivity index (χ4n) is 5.77. The number of hydrogen-bond acceptors (Lipinski definition) is 5. The number of carbonyl (C=O) groups is 1. The van der Waals surface area contributed by atoms with Gasteiger partial charge in [0.1, 0.15) is 5.75 Å². The molecule has 1 aromatic carbocycles. The molecule has 1 aromatic rings. The molecule has 0 bridgehead atoms. The summed E-state index contributed by atoms with van der Waals surface area (Å²) in [6.07, 6.45) is 5.58. The summed E-state index contributed by atoms with van der Waals surface area (Å²) in [5, 5.41) is 10.6. The number of amides is 1. The van der Waals surface area contributed by atoms with Crippen LogP contribution in [0.3, 0.4) is 0 Å². The van der Waals surface area contributed by atoms with E-state index in [4.69, 9.17) is 9.47 Å². The summed E-state index contributed by atoms with van der Waals surface area (Å²) in [5.41, 5.74) is 2.06. The van der Waals surface area contributed by atoms with Gasteiger partial charge in [-0.1, -0.05) is 0 Å². The highest BCUT2D eigenvalue weighted by Gasteiger charge is 2.44. The van der Waals surface area contributed by atoms with Crippen LogP contribution in [0.5, 0.6) is 5.75 Å². The van der Waals surface area contributed by atoms with Gasteiger partial charge in [0.2, 0.25) is 0 Å². The lowest BCUT2D eigenvalue weighted by molar-refractivity contribution is -0.0695. The molecule has 4 aliphatic rings. The molecule has 158 valence electrons. The molecule has 6 heteroatoms. The van der Waals surface area contributed by atoms with Gasteiger partial charge in [-0.2, -0.15) is 0 Å². The maximum absolute atomic E-state index is 13.1. The Hall–Kier alpha value is -1.63. The van der Waals surface area contributed by atoms with Crippen LogP contribution in [0, 0.1) is 5.41 Å². The molecule has 1 N–H and O–H groups in total. The molecule has 3 saturated heterocycles. The number of piperidine rings is 2. The van der Waals surface area contributed by atoms with E-state index >= 15 is 0 Å². The highest BCUT2D eigenvalue weighted by atomic mass is 16.5. The Labute approximate surface area is 172 Å². The second-order valence-corrected chi connectivity index (χ2v) is 9.34. The summed E-state index contributed by atoms with van der Waals surface area (Å²) in [6.45, 7) is 5.77. The molecule has 0 aliphatic carbocycles. The number of ether oxygens (including phenoxy) is 2. The predicted molar refractivity (Wildman–Crippen MR) is 109 cm³/mol. The zero-order chi connectivity index (χ0) is 19.8. The van der Waals surface area contributed by atoms with E-state index in [1.165, 1.54) is 0 Å². The minimum absolute atomic E-state index is 0.132. The predicted octanol–water partition coefficient (Wildman–Crippen LogP) is 2.09. The molecule has 5 rings (SSSR count). The zero-order valence-corrected chi connectivity index (χ0v) is 17.1. The molecule has 1 atom stereocenters. The number of carbonyl (C=O) groups excluding carboxylic acids is 1. The van der Waals surface area contributed by atoms with Crippen LogP contribution in [0.25, 0.3) is 0 Å². The monoisotopic (exact) mass is 400 g/mol. The molecule has 3 fully saturated rings. The topological polar surface area (TPSA) is 62.2 Å². The van der Waals surface area contributed by atoms with Crippen molar-refractivity contribution in [3.63, 3.8) is 0 Å². The number of aliphatic hydroxyl groups is 1. The van der Waals surface area contributed by atoms with Gasteiger partial charge >= 0.3 is 0 Å². The van der Waals surface area contributed by atoms with Crippen molar-refractivity contribution in [1.29, 1.82) is 0 Å². The van der Waals surface area contributed by atoms with Crippen molar-refractivity contribution < 1.29 is 19.4 Å². The van der Waals surface area contributed by atoms with Gasteiger partial charge < -0.3 is 19.5 Å². The molecule has 29 heavy (non-hydrogen) atoms. The third-order valence-corrected chi connectivity index (χ3v) is 7.41. The lowest BCUT2D eigenvalue weighted by atomic mass is 9.71. The van der Waals surface area contributed by atoms with Gasteiger partial charge in [-0.25, -0.2) is 0 Å². The Kier molecular flexibility index (Phi) is 5.26. The van der Waals surface area contributed by atoms with Crippen molar-refractivity contribution in [2.75, 3.05) is 46.0 Å². The number of benzene rings is 1. The van der Waals surface area contributed by atoms with E-state index in [9.17, 15) is 9.90 Å². The average Bonchev–Trinajstić information content (AvgIpc) is 3.22. The van der Waals surface area contributed by atoms with Crippen LogP contribution in [0.15, 0.2) is 18.2 Å². The van der Waals surface area contributed by atoms with Crippen molar-refractivity contribution in [1.82, 2.24) is 9.80 Å². The van der Waals surface area contributed by atoms with Crippen LogP contribution < -0.4 is 4.74 Å². The molecular weight excluding hydrogens is 368 g/mol. The van der Waals surface area contributed by atoms with Gasteiger partial charge in [0.15, 0.2) is 0 Å². The normalized spacial score (nSPS) is 27.6. The number of rotatable bonds is 2. The molecule has 0 radical (unpaired) electrons. The van der Waals surface area contributed by atoms with Crippen LogP contribution in [0.2, 0.25) is 0 Å². The van der Waals surface area contributed by atoms with Crippen molar-refractivity contribution >= 4 is 5.91 Å². The van der Waals surface area contributed by atoms with Gasteiger partial charge in [0.05, 0.1) is 12.7 Å². The van der Waals surface area contributed by atoms with Crippen molar-refractivity contribution in [2.24, 2.45) is 5.41 Å². The second-order valence-electron chi connectivity index (χ2n) is 9.34. The SMILES string of the molecule is O=C(c1ccc2c(c1)CCO2)N1CCC2(CC1)CC(O)CN(C1CCOCC1)C2. The molecule has 0 aromatic heterocycles. The standard InChI is InChI=1S/C23H32N2O4/c26-20-14-23(16-25(15-20)19-4-10-28-11-5-19)6-8-24(9-7-23)22(27)18-1-2-21-17(13-18)3-12-29-21/h1-2,13,19-20,26H,3-12,14-16H2. The molecule has 1 spiro atoms. The highest BCUT2D eigenvalue weighted by Crippen LogP contribution is 2.41. The summed E-state index contributed by atoms with van der Waals surface area (Å²) >= 11 is 0. The van der Waals surface area contributed by atoms with Crippen LogP contribution in [0.4, 0.5) is 0 Å². The smallest absolute Gasteiger partial charge is 0.253 e. The van der Waals surface area contributed by atoms with E-state index in [0.29, 0.717) is 12.6 Å². The van der Waals surface area contributed by atoms with E-state index in [0.717, 1.165) is 94.8 Å². The van der Waals surface area contributed by atoms with E-state index in [1.807, 2.05) is 23.1 Å². The Morgan fingerprint density at radius 2 is 1.93 bits per heavy atom. The fourth-order valence-corrected chi connectivity index (χ4v) is 5.77. The molecule has 4 heterocycles. The zero-order valence-electron chi connectivity index (χ0n) is 17.1. The first-order valence-electron chi connectivity index (χ1n) is 11.2. The third-order valence-electron chi connectivity index (χ3n) is 7.41. The Bertz CT molecular complexity index is 753. The Morgan fingerprint density at radius 1 is 1.14 bits per heavy atom. The van der Waals surface area contributed by atoms with Gasteiger partial charge in [0.25, 0.3) is 5.91 Å². The molecule has 0 saturated carbocycles. The summed E-state index contributed by atoms with van der Waals surface area (Å²) in [7, 11) is 0. The summed E-state index contributed by atoms with van der Waals surface area (Å²) in [4.78, 5) is 17.6. The first-order chi connectivity index (χ1) is 14.1. The summed E-state index contributed by atoms with van der Waals surface area (Å²) < 4.78 is 11.1. The largest absolute Gasteiger partial charge is 0.493 e. The number of nitrogens with zero attached hydrogens (tertiary/aromatic N) is 2. The second kappa shape index (κ2) is 7.89. The van der Waals surface area contributed by atoms with Crippen molar-refractivity contribution in [3.8, 4) is 5.75 Å². The number of fused-ring (bicyclic) bond motifs is 1. The van der Waals surface area contributed by atoms with Crippen molar-refractivity contribution in [3.05, 3.63) is 29.3 Å².